The van der Waals surface area contributed by atoms with Crippen LogP contribution in [0.1, 0.15) is 38.1 Å². The van der Waals surface area contributed by atoms with E-state index in [0.717, 1.165) is 11.1 Å². The Morgan fingerprint density at radius 1 is 1.03 bits per heavy atom. The molecule has 0 saturated heterocycles. The van der Waals surface area contributed by atoms with Gasteiger partial charge >= 0.3 is 12.6 Å². The number of carbonyl (C=O) groups excluding carboxylic acids is 1. The van der Waals surface area contributed by atoms with Crippen molar-refractivity contribution in [3.05, 3.63) is 42.2 Å². The lowest BCUT2D eigenvalue weighted by Crippen LogP contribution is -2.25. The lowest BCUT2D eigenvalue weighted by Gasteiger charge is -2.22. The maximum absolute atomic E-state index is 13.5. The third-order valence-electron chi connectivity index (χ3n) is 5.62. The van der Waals surface area contributed by atoms with Crippen LogP contribution in [0, 0.1) is 0 Å². The zero-order chi connectivity index (χ0) is 27.8. The van der Waals surface area contributed by atoms with Gasteiger partial charge in [-0.05, 0) is 57.5 Å². The minimum absolute atomic E-state index is 0.0201. The van der Waals surface area contributed by atoms with Gasteiger partial charge in [-0.3, -0.25) is 9.36 Å². The number of methoxy groups -OCH3 is 1. The summed E-state index contributed by atoms with van der Waals surface area (Å²) in [5.41, 5.74) is 2.27. The third kappa shape index (κ3) is 5.41. The van der Waals surface area contributed by atoms with Crippen LogP contribution in [-0.2, 0) is 18.8 Å². The second kappa shape index (κ2) is 10.3. The Balaban J connectivity index is 1.95. The normalized spacial score (nSPS) is 11.7. The van der Waals surface area contributed by atoms with Crippen molar-refractivity contribution in [2.75, 3.05) is 13.7 Å². The van der Waals surface area contributed by atoms with Crippen LogP contribution < -0.4 is 14.2 Å². The summed E-state index contributed by atoms with van der Waals surface area (Å²) in [6, 6.07) is 6.71. The Bertz CT molecular complexity index is 1490. The van der Waals surface area contributed by atoms with Gasteiger partial charge in [0, 0.05) is 31.4 Å². The maximum Gasteiger partial charge on any atom is 0.387 e. The number of alkyl halides is 2. The maximum atomic E-state index is 13.5. The summed E-state index contributed by atoms with van der Waals surface area (Å²) in [7, 11) is 4.90. The number of nitrogens with zero attached hydrogens (tertiary/aromatic N) is 4. The van der Waals surface area contributed by atoms with E-state index in [1.807, 2.05) is 32.3 Å². The van der Waals surface area contributed by atoms with Crippen molar-refractivity contribution in [3.63, 3.8) is 0 Å². The van der Waals surface area contributed by atoms with Gasteiger partial charge in [0.05, 0.1) is 36.5 Å². The van der Waals surface area contributed by atoms with E-state index in [-0.39, 0.29) is 17.1 Å². The highest BCUT2D eigenvalue weighted by Crippen LogP contribution is 2.43. The number of halogens is 2. The highest BCUT2D eigenvalue weighted by Gasteiger charge is 2.29. The number of aromatic nitrogens is 4. The molecular weight excluding hydrogens is 498 g/mol. The molecule has 0 atom stereocenters. The molecular formula is C27H30F2N4O5. The number of carbonyl (C=O) groups is 1. The van der Waals surface area contributed by atoms with Crippen molar-refractivity contribution in [3.8, 4) is 39.6 Å². The average molecular weight is 529 g/mol. The van der Waals surface area contributed by atoms with Crippen LogP contribution in [0.3, 0.4) is 0 Å². The topological polar surface area (TPSA) is 89.6 Å². The molecule has 0 aliphatic heterocycles. The Labute approximate surface area is 218 Å². The van der Waals surface area contributed by atoms with E-state index in [1.54, 1.807) is 49.4 Å². The second-order valence-corrected chi connectivity index (χ2v) is 9.61. The fraction of sp³-hybridized carbons (Fsp3) is 0.370. The molecule has 0 aliphatic rings. The fourth-order valence-corrected chi connectivity index (χ4v) is 4.24. The fourth-order valence-electron chi connectivity index (χ4n) is 4.24. The molecule has 0 N–H and O–H groups in total. The van der Waals surface area contributed by atoms with Crippen LogP contribution in [-0.4, -0.2) is 51.5 Å². The van der Waals surface area contributed by atoms with Gasteiger partial charge < -0.3 is 18.9 Å². The molecule has 38 heavy (non-hydrogen) atoms. The van der Waals surface area contributed by atoms with Crippen molar-refractivity contribution in [1.29, 1.82) is 0 Å². The lowest BCUT2D eigenvalue weighted by atomic mass is 10.0. The first kappa shape index (κ1) is 26.9. The molecule has 0 aliphatic carbocycles. The van der Waals surface area contributed by atoms with E-state index in [4.69, 9.17) is 18.9 Å². The molecule has 2 aromatic carbocycles. The Morgan fingerprint density at radius 2 is 1.71 bits per heavy atom. The largest absolute Gasteiger partial charge is 0.496 e. The highest BCUT2D eigenvalue weighted by molar-refractivity contribution is 6.02. The first-order chi connectivity index (χ1) is 17.9. The van der Waals surface area contributed by atoms with Gasteiger partial charge in [0.25, 0.3) is 0 Å². The predicted molar refractivity (Wildman–Crippen MR) is 138 cm³/mol. The number of fused-ring (bicyclic) bond motifs is 1. The molecule has 2 heterocycles. The van der Waals surface area contributed by atoms with E-state index in [9.17, 15) is 13.6 Å². The molecule has 0 saturated carbocycles. The monoisotopic (exact) mass is 528 g/mol. The van der Waals surface area contributed by atoms with Crippen molar-refractivity contribution in [2.24, 2.45) is 14.1 Å². The van der Waals surface area contributed by atoms with E-state index >= 15 is 0 Å². The molecule has 0 unspecified atom stereocenters. The number of rotatable bonds is 8. The molecule has 202 valence electrons. The summed E-state index contributed by atoms with van der Waals surface area (Å²) in [6.45, 7) is 4.11. The molecule has 4 aromatic rings. The zero-order valence-electron chi connectivity index (χ0n) is 22.3. The Kier molecular flexibility index (Phi) is 7.30. The third-order valence-corrected chi connectivity index (χ3v) is 5.62. The van der Waals surface area contributed by atoms with Crippen molar-refractivity contribution >= 4 is 16.9 Å². The number of aryl methyl sites for hydroxylation is 2. The quantitative estimate of drug-likeness (QED) is 0.275. The van der Waals surface area contributed by atoms with Gasteiger partial charge in [-0.25, -0.2) is 4.79 Å². The van der Waals surface area contributed by atoms with Crippen LogP contribution in [0.5, 0.6) is 17.2 Å². The summed E-state index contributed by atoms with van der Waals surface area (Å²) in [5, 5.41) is 9.57. The molecule has 0 radical (unpaired) electrons. The first-order valence-corrected chi connectivity index (χ1v) is 11.9. The molecule has 0 bridgehead atoms. The standard InChI is InChI=1S/C27H30F2N4O5/c1-8-36-20-10-15(17-13-30-32(5)14-17)9-18-22(20)24(33(6)31-18)16-11-19(35-7)23(21(12-16)37-26(28)29)25(34)38-27(2,3)4/h9-14,26H,8H2,1-7H3. The van der Waals surface area contributed by atoms with Gasteiger partial charge in [-0.15, -0.1) is 0 Å². The molecule has 0 amide bonds. The van der Waals surface area contributed by atoms with Crippen molar-refractivity contribution < 1.29 is 32.5 Å². The summed E-state index contributed by atoms with van der Waals surface area (Å²) in [6.07, 6.45) is 3.63. The smallest absolute Gasteiger partial charge is 0.387 e. The van der Waals surface area contributed by atoms with E-state index < -0.39 is 18.2 Å². The Morgan fingerprint density at radius 3 is 2.29 bits per heavy atom. The number of benzene rings is 2. The van der Waals surface area contributed by atoms with E-state index in [1.165, 1.54) is 13.2 Å². The van der Waals surface area contributed by atoms with Crippen LogP contribution in [0.4, 0.5) is 8.78 Å². The Hall–Kier alpha value is -4.15. The molecule has 2 aromatic heterocycles. The zero-order valence-corrected chi connectivity index (χ0v) is 22.3. The first-order valence-electron chi connectivity index (χ1n) is 11.9. The van der Waals surface area contributed by atoms with Crippen molar-refractivity contribution in [1.82, 2.24) is 19.6 Å². The lowest BCUT2D eigenvalue weighted by molar-refractivity contribution is -0.0509. The molecule has 0 fully saturated rings. The van der Waals surface area contributed by atoms with Crippen LogP contribution in [0.25, 0.3) is 33.3 Å². The number of hydrogen-bond acceptors (Lipinski definition) is 7. The summed E-state index contributed by atoms with van der Waals surface area (Å²) in [4.78, 5) is 13.0. The summed E-state index contributed by atoms with van der Waals surface area (Å²) >= 11 is 0. The number of ether oxygens (including phenoxy) is 4. The average Bonchev–Trinajstić information content (AvgIpc) is 3.39. The minimum atomic E-state index is -3.18. The van der Waals surface area contributed by atoms with Gasteiger partial charge in [-0.1, -0.05) is 0 Å². The van der Waals surface area contributed by atoms with Gasteiger partial charge in [0.1, 0.15) is 28.4 Å². The minimum Gasteiger partial charge on any atom is -0.496 e. The van der Waals surface area contributed by atoms with Gasteiger partial charge in [0.2, 0.25) is 0 Å². The molecule has 0 spiro atoms. The highest BCUT2D eigenvalue weighted by atomic mass is 19.3. The summed E-state index contributed by atoms with van der Waals surface area (Å²) < 4.78 is 51.9. The van der Waals surface area contributed by atoms with Crippen molar-refractivity contribution in [2.45, 2.75) is 39.9 Å². The number of esters is 1. The van der Waals surface area contributed by atoms with Crippen LogP contribution >= 0.6 is 0 Å². The van der Waals surface area contributed by atoms with Gasteiger partial charge in [0.15, 0.2) is 0 Å². The second-order valence-electron chi connectivity index (χ2n) is 9.61. The van der Waals surface area contributed by atoms with E-state index in [2.05, 4.69) is 10.2 Å². The van der Waals surface area contributed by atoms with Crippen LogP contribution in [0.15, 0.2) is 36.7 Å². The molecule has 4 rings (SSSR count). The number of hydrogen-bond donors (Lipinski definition) is 0. The van der Waals surface area contributed by atoms with E-state index in [0.29, 0.717) is 34.5 Å². The predicted octanol–water partition coefficient (Wildman–Crippen LogP) is 5.60. The van der Waals surface area contributed by atoms with Gasteiger partial charge in [-0.2, -0.15) is 19.0 Å². The SMILES string of the molecule is CCOc1cc(-c2cnn(C)c2)cc2nn(C)c(-c3cc(OC)c(C(=O)OC(C)(C)C)c(OC(F)F)c3)c12. The van der Waals surface area contributed by atoms with Crippen LogP contribution in [0.2, 0.25) is 0 Å². The molecule has 9 nitrogen and oxygen atoms in total. The molecule has 11 heteroatoms. The summed E-state index contributed by atoms with van der Waals surface area (Å²) in [5.74, 6) is -0.643.